The standard InChI is InChI=1S/C11H14N2.ClHO3/c1-12-9-8-11(13(12)2)10-6-4-3-5-7-10;2-1(3)4/h3-8H,9H2,1-2H3;2H. The van der Waals surface area contributed by atoms with E-state index < -0.39 is 10.8 Å². The molecule has 0 saturated carbocycles. The predicted molar refractivity (Wildman–Crippen MR) is 57.0 cm³/mol. The largest absolute Gasteiger partial charge is 0.321 e. The van der Waals surface area contributed by atoms with Crippen LogP contribution in [-0.2, 0) is 0 Å². The summed E-state index contributed by atoms with van der Waals surface area (Å²) in [6.45, 7) is 1.00. The molecule has 0 saturated heterocycles. The summed E-state index contributed by atoms with van der Waals surface area (Å²) in [5.41, 5.74) is 2.58. The van der Waals surface area contributed by atoms with E-state index in [0.717, 1.165) is 6.54 Å². The van der Waals surface area contributed by atoms with E-state index in [1.165, 1.54) is 11.3 Å². The zero-order chi connectivity index (χ0) is 12.8. The smallest absolute Gasteiger partial charge is 0.282 e. The maximum atomic E-state index is 8.52. The second-order valence-electron chi connectivity index (χ2n) is 3.52. The van der Waals surface area contributed by atoms with Crippen molar-refractivity contribution in [2.45, 2.75) is 0 Å². The second kappa shape index (κ2) is 6.58. The Bertz CT molecular complexity index is 367. The summed E-state index contributed by atoms with van der Waals surface area (Å²) in [7, 11) is 1.58. The van der Waals surface area contributed by atoms with Crippen LogP contribution in [0.2, 0.25) is 0 Å². The van der Waals surface area contributed by atoms with Gasteiger partial charge in [0.1, 0.15) is 0 Å². The molecule has 1 heterocycles. The number of halogens is 1. The SMILES string of the molecule is CN1CC=C(c2ccccc2)N1C.[O-][Cl+2]([O-])O. The van der Waals surface area contributed by atoms with Gasteiger partial charge < -0.3 is 14.3 Å². The Hall–Kier alpha value is -1.11. The van der Waals surface area contributed by atoms with Crippen molar-refractivity contribution in [3.63, 3.8) is 0 Å². The van der Waals surface area contributed by atoms with Crippen LogP contribution in [0.4, 0.5) is 0 Å². The maximum Gasteiger partial charge on any atom is 0.282 e. The van der Waals surface area contributed by atoms with Crippen LogP contribution in [0.3, 0.4) is 0 Å². The van der Waals surface area contributed by atoms with Gasteiger partial charge in [-0.3, -0.25) is 0 Å². The molecule has 17 heavy (non-hydrogen) atoms. The second-order valence-corrected chi connectivity index (χ2v) is 3.92. The van der Waals surface area contributed by atoms with Crippen molar-refractivity contribution < 1.29 is 24.8 Å². The van der Waals surface area contributed by atoms with Crippen molar-refractivity contribution in [1.82, 2.24) is 10.0 Å². The van der Waals surface area contributed by atoms with Gasteiger partial charge in [-0.05, 0) is 11.6 Å². The van der Waals surface area contributed by atoms with Crippen molar-refractivity contribution in [2.24, 2.45) is 0 Å². The summed E-state index contributed by atoms with van der Waals surface area (Å²) in [6, 6.07) is 10.5. The minimum atomic E-state index is -2.60. The summed E-state index contributed by atoms with van der Waals surface area (Å²) in [4.78, 5) is 0. The van der Waals surface area contributed by atoms with Crippen molar-refractivity contribution in [1.29, 1.82) is 0 Å². The lowest BCUT2D eigenvalue weighted by molar-refractivity contribution is -1.63. The van der Waals surface area contributed by atoms with Gasteiger partial charge in [-0.2, -0.15) is 0 Å². The van der Waals surface area contributed by atoms with Gasteiger partial charge in [0.15, 0.2) is 0 Å². The quantitative estimate of drug-likeness (QED) is 0.691. The number of hydrogen-bond donors (Lipinski definition) is 1. The molecular weight excluding hydrogens is 244 g/mol. The Morgan fingerprint density at radius 3 is 2.12 bits per heavy atom. The molecule has 0 unspecified atom stereocenters. The van der Waals surface area contributed by atoms with Gasteiger partial charge in [0.2, 0.25) is 0 Å². The molecule has 0 amide bonds. The van der Waals surface area contributed by atoms with E-state index in [0.29, 0.717) is 0 Å². The fourth-order valence-corrected chi connectivity index (χ4v) is 1.57. The first-order chi connectivity index (χ1) is 8.02. The van der Waals surface area contributed by atoms with E-state index in [9.17, 15) is 0 Å². The monoisotopic (exact) mass is 258 g/mol. The van der Waals surface area contributed by atoms with Crippen LogP contribution in [0.1, 0.15) is 5.56 Å². The predicted octanol–water partition coefficient (Wildman–Crippen LogP) is -1.12. The molecule has 1 aromatic carbocycles. The maximum absolute atomic E-state index is 8.52. The third kappa shape index (κ3) is 4.33. The number of rotatable bonds is 1. The van der Waals surface area contributed by atoms with Gasteiger partial charge >= 0.3 is 0 Å². The van der Waals surface area contributed by atoms with Crippen molar-refractivity contribution in [2.75, 3.05) is 20.6 Å². The number of likely N-dealkylation sites (N-methyl/N-ethyl adjacent to an activating group) is 1. The third-order valence-corrected chi connectivity index (χ3v) is 2.48. The highest BCUT2D eigenvalue weighted by Gasteiger charge is 2.16. The molecule has 0 aliphatic carbocycles. The summed E-state index contributed by atoms with van der Waals surface area (Å²) in [5.74, 6) is 0. The van der Waals surface area contributed by atoms with Gasteiger partial charge in [-0.1, -0.05) is 30.3 Å². The Labute approximate surface area is 104 Å². The topological polar surface area (TPSA) is 72.8 Å². The molecule has 5 nitrogen and oxygen atoms in total. The van der Waals surface area contributed by atoms with Crippen molar-refractivity contribution >= 4 is 5.70 Å². The lowest BCUT2D eigenvalue weighted by atomic mass is 10.1. The zero-order valence-electron chi connectivity index (χ0n) is 9.71. The lowest BCUT2D eigenvalue weighted by Crippen LogP contribution is -2.30. The van der Waals surface area contributed by atoms with Crippen LogP contribution in [0.15, 0.2) is 36.4 Å². The Morgan fingerprint density at radius 2 is 1.71 bits per heavy atom. The average Bonchev–Trinajstić information content (AvgIpc) is 2.60. The number of hydrogen-bond acceptors (Lipinski definition) is 5. The Morgan fingerprint density at radius 1 is 1.18 bits per heavy atom. The van der Waals surface area contributed by atoms with Gasteiger partial charge in [-0.25, -0.2) is 5.01 Å². The molecule has 0 bridgehead atoms. The number of benzene rings is 1. The summed E-state index contributed by atoms with van der Waals surface area (Å²) >= 11 is 0. The van der Waals surface area contributed by atoms with Crippen LogP contribution in [0.25, 0.3) is 5.70 Å². The molecule has 1 aromatic rings. The molecule has 6 heteroatoms. The van der Waals surface area contributed by atoms with Gasteiger partial charge in [0.25, 0.3) is 10.8 Å². The Balaban J connectivity index is 0.000000317. The van der Waals surface area contributed by atoms with E-state index in [4.69, 9.17) is 14.0 Å². The van der Waals surface area contributed by atoms with Gasteiger partial charge in [0, 0.05) is 25.3 Å². The highest BCUT2D eigenvalue weighted by atomic mass is 35.6. The van der Waals surface area contributed by atoms with E-state index in [1.807, 2.05) is 6.07 Å². The van der Waals surface area contributed by atoms with Crippen LogP contribution in [-0.4, -0.2) is 35.3 Å². The van der Waals surface area contributed by atoms with Crippen LogP contribution in [0, 0.1) is 10.8 Å². The van der Waals surface area contributed by atoms with Gasteiger partial charge in [0.05, 0.1) is 5.70 Å². The number of nitrogens with zero attached hydrogens (tertiary/aromatic N) is 2. The minimum Gasteiger partial charge on any atom is -0.321 e. The molecule has 0 spiro atoms. The molecule has 0 atom stereocenters. The average molecular weight is 259 g/mol. The first-order valence-electron chi connectivity index (χ1n) is 4.97. The lowest BCUT2D eigenvalue weighted by Gasteiger charge is -2.24. The fourth-order valence-electron chi connectivity index (χ4n) is 1.57. The zero-order valence-corrected chi connectivity index (χ0v) is 10.5. The normalized spacial score (nSPS) is 15.6. The molecule has 0 radical (unpaired) electrons. The van der Waals surface area contributed by atoms with Crippen LogP contribution in [0.5, 0.6) is 0 Å². The first-order valence-corrected chi connectivity index (χ1v) is 5.92. The van der Waals surface area contributed by atoms with Crippen LogP contribution >= 0.6 is 0 Å². The summed E-state index contributed by atoms with van der Waals surface area (Å²) < 4.78 is 24.0. The highest BCUT2D eigenvalue weighted by molar-refractivity contribution is 5.65. The fraction of sp³-hybridized carbons (Fsp3) is 0.273. The molecule has 2 rings (SSSR count). The molecule has 1 N–H and O–H groups in total. The number of hydrazine groups is 1. The van der Waals surface area contributed by atoms with Crippen molar-refractivity contribution in [3.05, 3.63) is 42.0 Å². The van der Waals surface area contributed by atoms with E-state index in [2.05, 4.69) is 54.5 Å². The van der Waals surface area contributed by atoms with Crippen molar-refractivity contribution in [3.8, 4) is 0 Å². The minimum absolute atomic E-state index is 1.00. The molecule has 0 fully saturated rings. The van der Waals surface area contributed by atoms with E-state index in [1.54, 1.807) is 0 Å². The molecule has 1 aliphatic heterocycles. The molecule has 94 valence electrons. The summed E-state index contributed by atoms with van der Waals surface area (Å²) in [5, 5.41) is 4.36. The molecule has 1 aliphatic rings. The van der Waals surface area contributed by atoms with E-state index in [-0.39, 0.29) is 0 Å². The third-order valence-electron chi connectivity index (χ3n) is 2.48. The van der Waals surface area contributed by atoms with E-state index >= 15 is 0 Å². The van der Waals surface area contributed by atoms with Crippen LogP contribution < -0.4 is 9.32 Å². The molecule has 0 aromatic heterocycles. The Kier molecular flexibility index (Phi) is 5.40. The molecular formula is C11H15ClN2O3. The summed E-state index contributed by atoms with van der Waals surface area (Å²) in [6.07, 6.45) is 2.25. The highest BCUT2D eigenvalue weighted by Crippen LogP contribution is 2.22. The first kappa shape index (κ1) is 14.0. The van der Waals surface area contributed by atoms with Gasteiger partial charge in [-0.15, -0.1) is 0 Å².